The minimum atomic E-state index is -4.40. The molecule has 0 aliphatic rings. The highest BCUT2D eigenvalue weighted by Crippen LogP contribution is 2.40. The number of halogens is 3. The Bertz CT molecular complexity index is 1030. The number of tetrazole rings is 1. The fraction of sp³-hybridized carbons (Fsp3) is 0.455. The van der Waals surface area contributed by atoms with Crippen molar-refractivity contribution in [1.29, 1.82) is 0 Å². The van der Waals surface area contributed by atoms with Gasteiger partial charge in [0, 0.05) is 37.7 Å². The van der Waals surface area contributed by atoms with Crippen molar-refractivity contribution >= 4 is 11.6 Å². The molecule has 0 bridgehead atoms. The lowest BCUT2D eigenvalue weighted by Gasteiger charge is -2.30. The van der Waals surface area contributed by atoms with Crippen molar-refractivity contribution in [2.45, 2.75) is 46.3 Å². The summed E-state index contributed by atoms with van der Waals surface area (Å²) in [7, 11) is 1.69. The van der Waals surface area contributed by atoms with Crippen molar-refractivity contribution in [2.24, 2.45) is 7.05 Å². The lowest BCUT2D eigenvalue weighted by Crippen LogP contribution is -2.27. The first kappa shape index (κ1) is 23.5. The lowest BCUT2D eigenvalue weighted by atomic mass is 9.95. The predicted octanol–water partition coefficient (Wildman–Crippen LogP) is 4.45. The first-order chi connectivity index (χ1) is 15.2. The number of nitrogens with zero attached hydrogens (tertiary/aromatic N) is 6. The fourth-order valence-corrected chi connectivity index (χ4v) is 4.06. The van der Waals surface area contributed by atoms with Crippen molar-refractivity contribution < 1.29 is 13.2 Å². The van der Waals surface area contributed by atoms with Gasteiger partial charge in [-0.25, -0.2) is 0 Å². The summed E-state index contributed by atoms with van der Waals surface area (Å²) in [6.45, 7) is 6.72. The monoisotopic (exact) mass is 447 g/mol. The van der Waals surface area contributed by atoms with Crippen LogP contribution in [0.1, 0.15) is 40.7 Å². The number of benzene rings is 1. The van der Waals surface area contributed by atoms with Gasteiger partial charge in [0.15, 0.2) is 0 Å². The summed E-state index contributed by atoms with van der Waals surface area (Å²) in [5.41, 5.74) is 2.45. The van der Waals surface area contributed by atoms with E-state index in [-0.39, 0.29) is 11.1 Å². The normalized spacial score (nSPS) is 11.6. The number of alkyl halides is 3. The first-order valence-electron chi connectivity index (χ1n) is 10.5. The molecule has 0 aliphatic heterocycles. The van der Waals surface area contributed by atoms with Crippen molar-refractivity contribution in [3.05, 3.63) is 58.4 Å². The summed E-state index contributed by atoms with van der Waals surface area (Å²) in [4.78, 5) is 7.45. The quantitative estimate of drug-likeness (QED) is 0.489. The van der Waals surface area contributed by atoms with Gasteiger partial charge in [-0.05, 0) is 73.2 Å². The van der Waals surface area contributed by atoms with Crippen LogP contribution >= 0.6 is 0 Å². The van der Waals surface area contributed by atoms with Crippen molar-refractivity contribution in [2.75, 3.05) is 23.3 Å². The van der Waals surface area contributed by atoms with Gasteiger partial charge in [0.25, 0.3) is 5.95 Å². The zero-order chi connectivity index (χ0) is 23.3. The van der Waals surface area contributed by atoms with Gasteiger partial charge in [-0.3, -0.25) is 4.98 Å². The van der Waals surface area contributed by atoms with Crippen LogP contribution in [0.3, 0.4) is 0 Å². The van der Waals surface area contributed by atoms with Gasteiger partial charge in [-0.15, -0.1) is 5.10 Å². The van der Waals surface area contributed by atoms with E-state index in [9.17, 15) is 13.2 Å². The molecule has 0 amide bonds. The van der Waals surface area contributed by atoms with Crippen LogP contribution in [0.25, 0.3) is 0 Å². The number of hydrogen-bond acceptors (Lipinski definition) is 6. The molecule has 0 spiro atoms. The minimum absolute atomic E-state index is 0.251. The molecule has 2 heterocycles. The van der Waals surface area contributed by atoms with Gasteiger partial charge in [0.05, 0.1) is 12.6 Å². The van der Waals surface area contributed by atoms with Crippen molar-refractivity contribution in [3.63, 3.8) is 0 Å². The summed E-state index contributed by atoms with van der Waals surface area (Å²) in [6, 6.07) is 5.40. The Kier molecular flexibility index (Phi) is 7.32. The molecular weight excluding hydrogens is 419 g/mol. The molecule has 3 rings (SSSR count). The van der Waals surface area contributed by atoms with Crippen LogP contribution < -0.4 is 10.2 Å². The van der Waals surface area contributed by atoms with Crippen LogP contribution in [-0.2, 0) is 19.8 Å². The molecular formula is C22H28F3N7. The molecule has 7 nitrogen and oxygen atoms in total. The van der Waals surface area contributed by atoms with Crippen LogP contribution in [0, 0.1) is 20.8 Å². The van der Waals surface area contributed by atoms with Gasteiger partial charge in [-0.2, -0.15) is 18.0 Å². The number of anilines is 2. The molecule has 1 aromatic carbocycles. The highest BCUT2D eigenvalue weighted by molar-refractivity contribution is 5.64. The van der Waals surface area contributed by atoms with Gasteiger partial charge < -0.3 is 10.2 Å². The Balaban J connectivity index is 1.80. The van der Waals surface area contributed by atoms with Crippen LogP contribution in [0.4, 0.5) is 24.8 Å². The van der Waals surface area contributed by atoms with Gasteiger partial charge >= 0.3 is 6.18 Å². The number of rotatable bonds is 9. The summed E-state index contributed by atoms with van der Waals surface area (Å²) < 4.78 is 41.3. The summed E-state index contributed by atoms with van der Waals surface area (Å²) in [6.07, 6.45) is 0.586. The maximum Gasteiger partial charge on any atom is 0.416 e. The first-order valence-corrected chi connectivity index (χ1v) is 10.5. The molecule has 1 N–H and O–H groups in total. The van der Waals surface area contributed by atoms with Crippen LogP contribution in [-0.4, -0.2) is 38.3 Å². The second-order valence-electron chi connectivity index (χ2n) is 7.87. The average molecular weight is 448 g/mol. The highest BCUT2D eigenvalue weighted by atomic mass is 19.4. The van der Waals surface area contributed by atoms with E-state index in [0.717, 1.165) is 24.0 Å². The molecule has 2 aromatic heterocycles. The van der Waals surface area contributed by atoms with Gasteiger partial charge in [0.1, 0.15) is 0 Å². The van der Waals surface area contributed by atoms with E-state index in [1.165, 1.54) is 11.7 Å². The van der Waals surface area contributed by atoms with Crippen LogP contribution in [0.15, 0.2) is 30.6 Å². The molecule has 0 saturated heterocycles. The number of aryl methyl sites for hydroxylation is 3. The predicted molar refractivity (Wildman–Crippen MR) is 117 cm³/mol. The van der Waals surface area contributed by atoms with E-state index in [0.29, 0.717) is 31.3 Å². The minimum Gasteiger partial charge on any atom is -0.367 e. The van der Waals surface area contributed by atoms with Crippen LogP contribution in [0.2, 0.25) is 0 Å². The SMILES string of the molecule is Cc1cc(C)c(C(F)(F)F)c(C)c1N(CCCCNc1nnn(C)n1)Cc1ccncc1. The van der Waals surface area contributed by atoms with E-state index in [1.54, 1.807) is 32.4 Å². The lowest BCUT2D eigenvalue weighted by molar-refractivity contribution is -0.138. The zero-order valence-corrected chi connectivity index (χ0v) is 18.7. The van der Waals surface area contributed by atoms with Gasteiger partial charge in [-0.1, -0.05) is 11.2 Å². The third-order valence-electron chi connectivity index (χ3n) is 5.30. The van der Waals surface area contributed by atoms with E-state index in [2.05, 4.69) is 25.7 Å². The molecule has 10 heteroatoms. The third-order valence-corrected chi connectivity index (χ3v) is 5.30. The number of unbranched alkanes of at least 4 members (excludes halogenated alkanes) is 1. The molecule has 32 heavy (non-hydrogen) atoms. The van der Waals surface area contributed by atoms with E-state index in [4.69, 9.17) is 0 Å². The number of aromatic nitrogens is 5. The Morgan fingerprint density at radius 2 is 1.78 bits per heavy atom. The number of hydrogen-bond donors (Lipinski definition) is 1. The van der Waals surface area contributed by atoms with E-state index in [1.807, 2.05) is 24.0 Å². The van der Waals surface area contributed by atoms with Crippen LogP contribution in [0.5, 0.6) is 0 Å². The highest BCUT2D eigenvalue weighted by Gasteiger charge is 2.36. The molecule has 0 atom stereocenters. The Labute approximate surface area is 185 Å². The molecule has 0 aliphatic carbocycles. The molecule has 172 valence electrons. The molecule has 0 unspecified atom stereocenters. The Morgan fingerprint density at radius 3 is 2.41 bits per heavy atom. The maximum absolute atomic E-state index is 13.8. The topological polar surface area (TPSA) is 71.8 Å². The Morgan fingerprint density at radius 1 is 1.06 bits per heavy atom. The average Bonchev–Trinajstić information content (AvgIpc) is 3.11. The van der Waals surface area contributed by atoms with E-state index >= 15 is 0 Å². The van der Waals surface area contributed by atoms with Crippen molar-refractivity contribution in [1.82, 2.24) is 25.2 Å². The number of pyridine rings is 1. The summed E-state index contributed by atoms with van der Waals surface area (Å²) >= 11 is 0. The summed E-state index contributed by atoms with van der Waals surface area (Å²) in [5.74, 6) is 0.459. The molecule has 3 aromatic rings. The Hall–Kier alpha value is -3.17. The van der Waals surface area contributed by atoms with Crippen molar-refractivity contribution in [3.8, 4) is 0 Å². The number of nitrogens with one attached hydrogen (secondary N) is 1. The smallest absolute Gasteiger partial charge is 0.367 e. The molecule has 0 saturated carbocycles. The molecule has 0 radical (unpaired) electrons. The second-order valence-corrected chi connectivity index (χ2v) is 7.87. The fourth-order valence-electron chi connectivity index (χ4n) is 4.06. The third kappa shape index (κ3) is 5.74. The zero-order valence-electron chi connectivity index (χ0n) is 18.7. The standard InChI is InChI=1S/C22H28F3N7/c1-15-13-16(2)20(17(3)19(15)22(23,24)25)32(14-18-7-10-26-11-8-18)12-6-5-9-27-21-28-30-31(4)29-21/h7-8,10-11,13H,5-6,9,12,14H2,1-4H3,(H,27,29). The van der Waals surface area contributed by atoms with E-state index < -0.39 is 11.7 Å². The maximum atomic E-state index is 13.8. The molecule has 0 fully saturated rings. The second kappa shape index (κ2) is 9.97. The summed E-state index contributed by atoms with van der Waals surface area (Å²) in [5, 5.41) is 14.8. The van der Waals surface area contributed by atoms with Gasteiger partial charge in [0.2, 0.25) is 0 Å². The largest absolute Gasteiger partial charge is 0.416 e.